The van der Waals surface area contributed by atoms with E-state index in [0.29, 0.717) is 23.7 Å². The molecule has 7 nitrogen and oxygen atoms in total. The molecular weight excluding hydrogens is 533 g/mol. The molecule has 0 spiro atoms. The van der Waals surface area contributed by atoms with E-state index in [0.717, 1.165) is 14.7 Å². The summed E-state index contributed by atoms with van der Waals surface area (Å²) in [6, 6.07) is 10.2. The Morgan fingerprint density at radius 3 is 2.36 bits per heavy atom. The van der Waals surface area contributed by atoms with Crippen molar-refractivity contribution < 1.29 is 19.1 Å². The Bertz CT molecular complexity index is 988. The van der Waals surface area contributed by atoms with E-state index in [4.69, 9.17) is 9.47 Å². The first-order valence-corrected chi connectivity index (χ1v) is 12.0. The fourth-order valence-corrected chi connectivity index (χ4v) is 3.73. The average Bonchev–Trinajstić information content (AvgIpc) is 2.74. The fraction of sp³-hybridized carbons (Fsp3) is 0.400. The largest absolute Gasteiger partial charge is 0.490 e. The van der Waals surface area contributed by atoms with Crippen LogP contribution in [0.3, 0.4) is 0 Å². The van der Waals surface area contributed by atoms with E-state index in [2.05, 4.69) is 38.4 Å². The zero-order valence-electron chi connectivity index (χ0n) is 19.9. The summed E-state index contributed by atoms with van der Waals surface area (Å²) in [5, 5.41) is 6.89. The summed E-state index contributed by atoms with van der Waals surface area (Å²) >= 11 is 2.19. The van der Waals surface area contributed by atoms with Crippen LogP contribution in [0.1, 0.15) is 56.1 Å². The minimum Gasteiger partial charge on any atom is -0.490 e. The van der Waals surface area contributed by atoms with Crippen molar-refractivity contribution in [3.05, 3.63) is 56.7 Å². The van der Waals surface area contributed by atoms with E-state index in [9.17, 15) is 9.59 Å². The van der Waals surface area contributed by atoms with Crippen molar-refractivity contribution in [3.63, 3.8) is 0 Å². The van der Waals surface area contributed by atoms with Gasteiger partial charge in [-0.05, 0) is 86.0 Å². The van der Waals surface area contributed by atoms with Gasteiger partial charge in [0.25, 0.3) is 11.8 Å². The smallest absolute Gasteiger partial charge is 0.262 e. The van der Waals surface area contributed by atoms with Gasteiger partial charge in [0.2, 0.25) is 0 Å². The van der Waals surface area contributed by atoms with E-state index in [1.165, 1.54) is 0 Å². The first-order valence-electron chi connectivity index (χ1n) is 11.0. The summed E-state index contributed by atoms with van der Waals surface area (Å²) < 4.78 is 12.5. The van der Waals surface area contributed by atoms with Crippen molar-refractivity contribution in [2.45, 2.75) is 53.7 Å². The number of aryl methyl sites for hydroxylation is 1. The maximum absolute atomic E-state index is 12.7. The lowest BCUT2D eigenvalue weighted by Gasteiger charge is -2.20. The summed E-state index contributed by atoms with van der Waals surface area (Å²) in [5.74, 6) is 0.502. The quantitative estimate of drug-likeness (QED) is 0.249. The number of hydrogen-bond donors (Lipinski definition) is 2. The van der Waals surface area contributed by atoms with Gasteiger partial charge in [-0.3, -0.25) is 9.59 Å². The number of amides is 2. The minimum absolute atomic E-state index is 0.0135. The molecule has 2 aromatic carbocycles. The lowest BCUT2D eigenvalue weighted by molar-refractivity contribution is -0.123. The van der Waals surface area contributed by atoms with E-state index >= 15 is 0 Å². The molecule has 0 saturated carbocycles. The van der Waals surface area contributed by atoms with Crippen LogP contribution in [0.5, 0.6) is 11.5 Å². The van der Waals surface area contributed by atoms with Crippen LogP contribution in [0.4, 0.5) is 0 Å². The van der Waals surface area contributed by atoms with Gasteiger partial charge in [-0.1, -0.05) is 31.5 Å². The van der Waals surface area contributed by atoms with Crippen molar-refractivity contribution >= 4 is 40.6 Å². The lowest BCUT2D eigenvalue weighted by atomic mass is 10.0. The molecule has 0 aliphatic heterocycles. The van der Waals surface area contributed by atoms with E-state index < -0.39 is 6.04 Å². The second-order valence-corrected chi connectivity index (χ2v) is 9.39. The average molecular weight is 565 g/mol. The van der Waals surface area contributed by atoms with Gasteiger partial charge in [-0.25, -0.2) is 5.43 Å². The first-order chi connectivity index (χ1) is 15.6. The molecule has 2 N–H and O–H groups in total. The highest BCUT2D eigenvalue weighted by Gasteiger charge is 2.24. The van der Waals surface area contributed by atoms with Gasteiger partial charge in [0.15, 0.2) is 11.5 Å². The molecule has 0 radical (unpaired) electrons. The molecule has 0 heterocycles. The van der Waals surface area contributed by atoms with Crippen LogP contribution in [-0.4, -0.2) is 36.8 Å². The number of nitrogens with one attached hydrogen (secondary N) is 2. The van der Waals surface area contributed by atoms with Crippen LogP contribution in [0.25, 0.3) is 0 Å². The molecule has 0 aliphatic rings. The van der Waals surface area contributed by atoms with Crippen molar-refractivity contribution in [2.75, 3.05) is 6.61 Å². The van der Waals surface area contributed by atoms with Gasteiger partial charge < -0.3 is 14.8 Å². The highest BCUT2D eigenvalue weighted by Crippen LogP contribution is 2.34. The Morgan fingerprint density at radius 1 is 1.12 bits per heavy atom. The van der Waals surface area contributed by atoms with Crippen LogP contribution < -0.4 is 20.2 Å². The standard InChI is InChI=1S/C25H32IN3O4/c1-7-32-21-13-18(12-20(26)23(21)33-16(4)5)14-27-29-25(31)22(15(2)3)28-24(30)19-10-8-17(6)9-11-19/h8-16,22H,7H2,1-6H3,(H,28,30)(H,29,31). The number of ether oxygens (including phenoxy) is 2. The van der Waals surface area contributed by atoms with Gasteiger partial charge in [0, 0.05) is 5.56 Å². The number of nitrogens with zero attached hydrogens (tertiary/aromatic N) is 1. The van der Waals surface area contributed by atoms with Gasteiger partial charge >= 0.3 is 0 Å². The molecular formula is C25H32IN3O4. The Balaban J connectivity index is 2.11. The van der Waals surface area contributed by atoms with Crippen LogP contribution in [0.2, 0.25) is 0 Å². The summed E-state index contributed by atoms with van der Waals surface area (Å²) in [5.41, 5.74) is 4.86. The highest BCUT2D eigenvalue weighted by atomic mass is 127. The number of rotatable bonds is 10. The Morgan fingerprint density at radius 2 is 1.79 bits per heavy atom. The lowest BCUT2D eigenvalue weighted by Crippen LogP contribution is -2.48. The predicted molar refractivity (Wildman–Crippen MR) is 139 cm³/mol. The summed E-state index contributed by atoms with van der Waals surface area (Å²) in [4.78, 5) is 25.3. The highest BCUT2D eigenvalue weighted by molar-refractivity contribution is 14.1. The molecule has 33 heavy (non-hydrogen) atoms. The number of hydrazone groups is 1. The molecule has 1 atom stereocenters. The normalized spacial score (nSPS) is 12.2. The van der Waals surface area contributed by atoms with Crippen molar-refractivity contribution in [3.8, 4) is 11.5 Å². The number of carbonyl (C=O) groups excluding carboxylic acids is 2. The van der Waals surface area contributed by atoms with Gasteiger partial charge in [-0.15, -0.1) is 0 Å². The Hall–Kier alpha value is -2.62. The minimum atomic E-state index is -0.725. The molecule has 178 valence electrons. The Kier molecular flexibility index (Phi) is 10.1. The van der Waals surface area contributed by atoms with Crippen molar-refractivity contribution in [2.24, 2.45) is 11.0 Å². The van der Waals surface area contributed by atoms with Gasteiger partial charge in [0.05, 0.1) is 22.5 Å². The topological polar surface area (TPSA) is 89.0 Å². The molecule has 2 aromatic rings. The van der Waals surface area contributed by atoms with E-state index in [1.54, 1.807) is 18.3 Å². The fourth-order valence-electron chi connectivity index (χ4n) is 2.98. The first kappa shape index (κ1) is 26.6. The number of carbonyl (C=O) groups is 2. The molecule has 0 aromatic heterocycles. The van der Waals surface area contributed by atoms with Gasteiger partial charge in [-0.2, -0.15) is 5.10 Å². The number of hydrogen-bond acceptors (Lipinski definition) is 5. The summed E-state index contributed by atoms with van der Waals surface area (Å²) in [6.45, 7) is 12.0. The van der Waals surface area contributed by atoms with Crippen LogP contribution in [0, 0.1) is 16.4 Å². The monoisotopic (exact) mass is 565 g/mol. The zero-order chi connectivity index (χ0) is 24.5. The molecule has 0 aliphatic carbocycles. The molecule has 0 fully saturated rings. The molecule has 2 rings (SSSR count). The van der Waals surface area contributed by atoms with Crippen molar-refractivity contribution in [1.82, 2.24) is 10.7 Å². The maximum atomic E-state index is 12.7. The van der Waals surface area contributed by atoms with E-state index in [-0.39, 0.29) is 23.8 Å². The van der Waals surface area contributed by atoms with Crippen LogP contribution in [-0.2, 0) is 4.79 Å². The summed E-state index contributed by atoms with van der Waals surface area (Å²) in [6.07, 6.45) is 1.56. The maximum Gasteiger partial charge on any atom is 0.262 e. The van der Waals surface area contributed by atoms with Crippen LogP contribution in [0.15, 0.2) is 41.5 Å². The van der Waals surface area contributed by atoms with Crippen molar-refractivity contribution in [1.29, 1.82) is 0 Å². The third kappa shape index (κ3) is 8.03. The van der Waals surface area contributed by atoms with Crippen LogP contribution >= 0.6 is 22.6 Å². The molecule has 0 saturated heterocycles. The molecule has 0 bridgehead atoms. The molecule has 8 heteroatoms. The van der Waals surface area contributed by atoms with Gasteiger partial charge in [0.1, 0.15) is 6.04 Å². The Labute approximate surface area is 209 Å². The molecule has 2 amide bonds. The second-order valence-electron chi connectivity index (χ2n) is 8.23. The number of benzene rings is 2. The third-order valence-electron chi connectivity index (χ3n) is 4.62. The summed E-state index contributed by atoms with van der Waals surface area (Å²) in [7, 11) is 0. The number of halogens is 1. The third-order valence-corrected chi connectivity index (χ3v) is 5.42. The predicted octanol–water partition coefficient (Wildman–Crippen LogP) is 4.69. The SMILES string of the molecule is CCOc1cc(C=NNC(=O)C(NC(=O)c2ccc(C)cc2)C(C)C)cc(I)c1OC(C)C. The second kappa shape index (κ2) is 12.6. The molecule has 1 unspecified atom stereocenters. The van der Waals surface area contributed by atoms with E-state index in [1.807, 2.05) is 65.8 Å². The zero-order valence-corrected chi connectivity index (χ0v) is 22.1.